The van der Waals surface area contributed by atoms with Crippen LogP contribution in [-0.4, -0.2) is 56.9 Å². The summed E-state index contributed by atoms with van der Waals surface area (Å²) in [4.78, 5) is 49.1. The zero-order valence-electron chi connectivity index (χ0n) is 9.57. The van der Waals surface area contributed by atoms with Gasteiger partial charge in [-0.15, -0.1) is 0 Å². The van der Waals surface area contributed by atoms with Crippen molar-refractivity contribution in [2.45, 2.75) is 19.3 Å². The molecule has 4 N–H and O–H groups in total. The molecule has 0 heterocycles. The van der Waals surface area contributed by atoms with Crippen LogP contribution in [0.25, 0.3) is 0 Å². The highest BCUT2D eigenvalue weighted by Gasteiger charge is 2.07. The molecule has 0 radical (unpaired) electrons. The van der Waals surface area contributed by atoms with E-state index < -0.39 is 42.9 Å². The van der Waals surface area contributed by atoms with Crippen molar-refractivity contribution in [1.82, 2.24) is 0 Å². The molecule has 0 bridgehead atoms. The van der Waals surface area contributed by atoms with Gasteiger partial charge in [0.15, 0.2) is 6.61 Å². The Morgan fingerprint density at radius 1 is 0.684 bits per heavy atom. The summed E-state index contributed by atoms with van der Waals surface area (Å²) >= 11 is 0. The molecule has 0 fully saturated rings. The highest BCUT2D eigenvalue weighted by atomic mass is 16.5. The smallest absolute Gasteiger partial charge is 0.341 e. The highest BCUT2D eigenvalue weighted by Crippen LogP contribution is 1.92. The first-order valence-corrected chi connectivity index (χ1v) is 4.68. The third kappa shape index (κ3) is 21.2. The van der Waals surface area contributed by atoms with Gasteiger partial charge in [0.2, 0.25) is 0 Å². The molecule has 19 heavy (non-hydrogen) atoms. The molecule has 0 unspecified atom stereocenters. The summed E-state index contributed by atoms with van der Waals surface area (Å²) in [7, 11) is 0. The number of carboxylic acids is 4. The van der Waals surface area contributed by atoms with Gasteiger partial charge in [-0.25, -0.2) is 4.79 Å². The van der Waals surface area contributed by atoms with E-state index >= 15 is 0 Å². The zero-order valence-corrected chi connectivity index (χ0v) is 9.57. The lowest BCUT2D eigenvalue weighted by molar-refractivity contribution is -0.156. The molecular formula is C9H12O10. The standard InChI is InChI=1S/C6H8O6.C3H4O4/c7-4(8)1-2-6(11)12-3-5(9)10;4-2(5)1-3(6)7/h1-3H2,(H,7,8)(H,9,10);1H2,(H,4,5)(H,6,7). The number of carboxylic acid groups (broad SMARTS) is 4. The van der Waals surface area contributed by atoms with E-state index in [4.69, 9.17) is 20.4 Å². The maximum Gasteiger partial charge on any atom is 0.341 e. The molecule has 0 aliphatic carbocycles. The molecule has 0 spiro atoms. The molecular weight excluding hydrogens is 268 g/mol. The van der Waals surface area contributed by atoms with Gasteiger partial charge in [0.25, 0.3) is 0 Å². The lowest BCUT2D eigenvalue weighted by atomic mass is 10.3. The number of carbonyl (C=O) groups is 5. The van der Waals surface area contributed by atoms with E-state index in [0.717, 1.165) is 0 Å². The minimum atomic E-state index is -1.31. The first-order valence-electron chi connectivity index (χ1n) is 4.68. The summed E-state index contributed by atoms with van der Waals surface area (Å²) in [5.74, 6) is -5.83. The average Bonchev–Trinajstić information content (AvgIpc) is 2.22. The van der Waals surface area contributed by atoms with Crippen molar-refractivity contribution < 1.29 is 49.1 Å². The van der Waals surface area contributed by atoms with Crippen molar-refractivity contribution in [3.8, 4) is 0 Å². The summed E-state index contributed by atoms with van der Waals surface area (Å²) < 4.78 is 4.15. The van der Waals surface area contributed by atoms with Crippen LogP contribution >= 0.6 is 0 Å². The van der Waals surface area contributed by atoms with Crippen molar-refractivity contribution in [2.24, 2.45) is 0 Å². The van der Waals surface area contributed by atoms with Crippen molar-refractivity contribution in [2.75, 3.05) is 6.61 Å². The van der Waals surface area contributed by atoms with Crippen molar-refractivity contribution in [1.29, 1.82) is 0 Å². The molecule has 0 atom stereocenters. The minimum Gasteiger partial charge on any atom is -0.481 e. The largest absolute Gasteiger partial charge is 0.481 e. The molecule has 0 aromatic rings. The van der Waals surface area contributed by atoms with Gasteiger partial charge in [0, 0.05) is 0 Å². The SMILES string of the molecule is O=C(O)CC(=O)O.O=C(O)CCC(=O)OCC(=O)O. The van der Waals surface area contributed by atoms with Crippen LogP contribution in [0, 0.1) is 0 Å². The Balaban J connectivity index is 0. The summed E-state index contributed by atoms with van der Waals surface area (Å²) in [6, 6.07) is 0. The molecule has 0 saturated carbocycles. The molecule has 0 aliphatic rings. The first kappa shape index (κ1) is 18.7. The van der Waals surface area contributed by atoms with Gasteiger partial charge in [-0.05, 0) is 0 Å². The first-order chi connectivity index (χ1) is 8.65. The lowest BCUT2D eigenvalue weighted by Gasteiger charge is -1.98. The fourth-order valence-corrected chi connectivity index (χ4v) is 0.553. The van der Waals surface area contributed by atoms with E-state index in [1.54, 1.807) is 0 Å². The predicted octanol–water partition coefficient (Wildman–Crippen LogP) is -0.975. The van der Waals surface area contributed by atoms with Gasteiger partial charge >= 0.3 is 29.8 Å². The second-order valence-electron chi connectivity index (χ2n) is 2.91. The van der Waals surface area contributed by atoms with Gasteiger partial charge < -0.3 is 25.2 Å². The number of aliphatic carboxylic acids is 4. The zero-order chi connectivity index (χ0) is 15.4. The van der Waals surface area contributed by atoms with Crippen LogP contribution in [0.5, 0.6) is 0 Å². The molecule has 0 aliphatic heterocycles. The Hall–Kier alpha value is -2.65. The van der Waals surface area contributed by atoms with E-state index in [1.807, 2.05) is 0 Å². The minimum absolute atomic E-state index is 0.303. The number of ether oxygens (including phenoxy) is 1. The number of esters is 1. The lowest BCUT2D eigenvalue weighted by Crippen LogP contribution is -2.13. The summed E-state index contributed by atoms with van der Waals surface area (Å²) in [6.45, 7) is -0.724. The normalized spacial score (nSPS) is 8.63. The molecule has 0 rings (SSSR count). The van der Waals surface area contributed by atoms with Gasteiger partial charge in [0.1, 0.15) is 6.42 Å². The van der Waals surface area contributed by atoms with Crippen LogP contribution in [0.15, 0.2) is 0 Å². The van der Waals surface area contributed by atoms with Gasteiger partial charge in [-0.2, -0.15) is 0 Å². The summed E-state index contributed by atoms with van der Waals surface area (Å²) in [5, 5.41) is 31.6. The highest BCUT2D eigenvalue weighted by molar-refractivity contribution is 5.88. The maximum absolute atomic E-state index is 10.5. The predicted molar refractivity (Wildman–Crippen MR) is 55.4 cm³/mol. The Kier molecular flexibility index (Phi) is 10.3. The van der Waals surface area contributed by atoms with Crippen molar-refractivity contribution in [3.63, 3.8) is 0 Å². The molecule has 0 amide bonds. The number of carbonyl (C=O) groups excluding carboxylic acids is 1. The third-order valence-corrected chi connectivity index (χ3v) is 1.20. The van der Waals surface area contributed by atoms with Crippen molar-refractivity contribution >= 4 is 29.8 Å². The number of hydrogen-bond acceptors (Lipinski definition) is 6. The van der Waals surface area contributed by atoms with Gasteiger partial charge in [-0.1, -0.05) is 0 Å². The molecule has 0 saturated heterocycles. The fraction of sp³-hybridized carbons (Fsp3) is 0.444. The molecule has 0 aromatic carbocycles. The molecule has 108 valence electrons. The van der Waals surface area contributed by atoms with Crippen LogP contribution in [0.3, 0.4) is 0 Å². The van der Waals surface area contributed by atoms with E-state index in [-0.39, 0.29) is 12.8 Å². The maximum atomic E-state index is 10.5. The van der Waals surface area contributed by atoms with E-state index in [1.165, 1.54) is 0 Å². The Bertz CT molecular complexity index is 326. The fourth-order valence-electron chi connectivity index (χ4n) is 0.553. The van der Waals surface area contributed by atoms with Crippen LogP contribution in [-0.2, 0) is 28.7 Å². The molecule has 10 heteroatoms. The number of rotatable bonds is 7. The molecule has 0 aromatic heterocycles. The monoisotopic (exact) mass is 280 g/mol. The quantitative estimate of drug-likeness (QED) is 0.335. The summed E-state index contributed by atoms with van der Waals surface area (Å²) in [5.41, 5.74) is 0. The molecule has 10 nitrogen and oxygen atoms in total. The topological polar surface area (TPSA) is 175 Å². The Morgan fingerprint density at radius 2 is 1.16 bits per heavy atom. The van der Waals surface area contributed by atoms with Crippen LogP contribution < -0.4 is 0 Å². The average molecular weight is 280 g/mol. The summed E-state index contributed by atoms with van der Waals surface area (Å²) in [6.07, 6.45) is -1.46. The van der Waals surface area contributed by atoms with Crippen LogP contribution in [0.1, 0.15) is 19.3 Å². The Morgan fingerprint density at radius 3 is 1.42 bits per heavy atom. The Labute approximate surface area is 106 Å². The van der Waals surface area contributed by atoms with Crippen LogP contribution in [0.4, 0.5) is 0 Å². The van der Waals surface area contributed by atoms with Gasteiger partial charge in [0.05, 0.1) is 12.8 Å². The van der Waals surface area contributed by atoms with Crippen molar-refractivity contribution in [3.05, 3.63) is 0 Å². The second kappa shape index (κ2) is 10.5. The van der Waals surface area contributed by atoms with Gasteiger partial charge in [-0.3, -0.25) is 19.2 Å². The van der Waals surface area contributed by atoms with E-state index in [9.17, 15) is 24.0 Å². The van der Waals surface area contributed by atoms with Crippen LogP contribution in [0.2, 0.25) is 0 Å². The van der Waals surface area contributed by atoms with E-state index in [2.05, 4.69) is 4.74 Å². The van der Waals surface area contributed by atoms with E-state index in [0.29, 0.717) is 0 Å². The second-order valence-corrected chi connectivity index (χ2v) is 2.91. The number of hydrogen-bond donors (Lipinski definition) is 4. The third-order valence-electron chi connectivity index (χ3n) is 1.20.